The van der Waals surface area contributed by atoms with E-state index in [9.17, 15) is 14.4 Å². The first-order chi connectivity index (χ1) is 8.83. The minimum Gasteiger partial charge on any atom is -0.480 e. The Morgan fingerprint density at radius 2 is 2.00 bits per heavy atom. The van der Waals surface area contributed by atoms with Crippen molar-refractivity contribution in [2.24, 2.45) is 0 Å². The van der Waals surface area contributed by atoms with Crippen LogP contribution >= 0.6 is 0 Å². The Morgan fingerprint density at radius 3 is 2.37 bits per heavy atom. The van der Waals surface area contributed by atoms with Crippen molar-refractivity contribution in [3.05, 3.63) is 0 Å². The van der Waals surface area contributed by atoms with Gasteiger partial charge in [0.2, 0.25) is 0 Å². The molecule has 0 saturated carbocycles. The van der Waals surface area contributed by atoms with E-state index in [0.29, 0.717) is 0 Å². The van der Waals surface area contributed by atoms with Gasteiger partial charge in [0.15, 0.2) is 0 Å². The molecule has 7 nitrogen and oxygen atoms in total. The molecule has 0 aliphatic heterocycles. The lowest BCUT2D eigenvalue weighted by molar-refractivity contribution is -0.141. The van der Waals surface area contributed by atoms with Gasteiger partial charge >= 0.3 is 18.0 Å². The summed E-state index contributed by atoms with van der Waals surface area (Å²) in [5, 5.41) is 11.1. The molecule has 1 unspecified atom stereocenters. The van der Waals surface area contributed by atoms with Crippen molar-refractivity contribution in [1.82, 2.24) is 10.2 Å². The van der Waals surface area contributed by atoms with Gasteiger partial charge in [0.25, 0.3) is 0 Å². The Hall–Kier alpha value is -2.23. The van der Waals surface area contributed by atoms with Crippen LogP contribution in [0.1, 0.15) is 20.3 Å². The molecular weight excluding hydrogens is 252 g/mol. The first-order valence-electron chi connectivity index (χ1n) is 5.63. The molecule has 0 aromatic heterocycles. The van der Waals surface area contributed by atoms with E-state index in [0.717, 1.165) is 4.90 Å². The third-order valence-corrected chi connectivity index (χ3v) is 2.33. The molecule has 0 spiro atoms. The fourth-order valence-corrected chi connectivity index (χ4v) is 1.24. The molecule has 0 aromatic rings. The number of hydrogen-bond acceptors (Lipinski definition) is 4. The highest BCUT2D eigenvalue weighted by molar-refractivity contribution is 5.85. The first-order valence-corrected chi connectivity index (χ1v) is 5.63. The summed E-state index contributed by atoms with van der Waals surface area (Å²) in [5.74, 6) is 0.350. The maximum Gasteiger partial charge on any atom is 0.327 e. The largest absolute Gasteiger partial charge is 0.480 e. The van der Waals surface area contributed by atoms with Crippen LogP contribution < -0.4 is 5.32 Å². The first kappa shape index (κ1) is 16.8. The summed E-state index contributed by atoms with van der Waals surface area (Å²) in [5.41, 5.74) is 0. The number of methoxy groups -OCH3 is 1. The highest BCUT2D eigenvalue weighted by Gasteiger charge is 2.25. The number of hydrogen-bond donors (Lipinski definition) is 2. The number of nitrogens with zero attached hydrogens (tertiary/aromatic N) is 1. The van der Waals surface area contributed by atoms with E-state index in [-0.39, 0.29) is 19.0 Å². The van der Waals surface area contributed by atoms with Crippen LogP contribution in [-0.2, 0) is 14.3 Å². The zero-order valence-electron chi connectivity index (χ0n) is 11.2. The van der Waals surface area contributed by atoms with E-state index in [4.69, 9.17) is 11.5 Å². The molecule has 2 amide bonds. The quantitative estimate of drug-likeness (QED) is 0.525. The lowest BCUT2D eigenvalue weighted by Gasteiger charge is -2.27. The van der Waals surface area contributed by atoms with Crippen molar-refractivity contribution < 1.29 is 24.2 Å². The van der Waals surface area contributed by atoms with E-state index >= 15 is 0 Å². The lowest BCUT2D eigenvalue weighted by atomic mass is 10.2. The van der Waals surface area contributed by atoms with Crippen LogP contribution in [0.5, 0.6) is 0 Å². The molecule has 7 heteroatoms. The Bertz CT molecular complexity index is 386. The van der Waals surface area contributed by atoms with Crippen molar-refractivity contribution in [1.29, 1.82) is 0 Å². The van der Waals surface area contributed by atoms with Gasteiger partial charge in [0.1, 0.15) is 12.6 Å². The highest BCUT2D eigenvalue weighted by Crippen LogP contribution is 2.01. The molecule has 0 saturated heterocycles. The molecule has 19 heavy (non-hydrogen) atoms. The summed E-state index contributed by atoms with van der Waals surface area (Å²) in [6.45, 7) is 3.13. The van der Waals surface area contributed by atoms with Crippen molar-refractivity contribution in [2.45, 2.75) is 32.4 Å². The fourth-order valence-electron chi connectivity index (χ4n) is 1.24. The number of amides is 2. The average Bonchev–Trinajstić information content (AvgIpc) is 2.34. The minimum absolute atomic E-state index is 0.134. The molecule has 2 N–H and O–H groups in total. The Labute approximate surface area is 111 Å². The summed E-state index contributed by atoms with van der Waals surface area (Å²) < 4.78 is 4.47. The summed E-state index contributed by atoms with van der Waals surface area (Å²) >= 11 is 0. The van der Waals surface area contributed by atoms with E-state index in [1.165, 1.54) is 7.11 Å². The molecule has 0 heterocycles. The van der Waals surface area contributed by atoms with Gasteiger partial charge < -0.3 is 20.1 Å². The maximum absolute atomic E-state index is 11.9. The molecule has 0 rings (SSSR count). The van der Waals surface area contributed by atoms with Crippen LogP contribution in [0.25, 0.3) is 0 Å². The number of carboxylic acids is 1. The van der Waals surface area contributed by atoms with Gasteiger partial charge in [-0.3, -0.25) is 4.79 Å². The second kappa shape index (κ2) is 7.97. The highest BCUT2D eigenvalue weighted by atomic mass is 16.5. The Balaban J connectivity index is 4.77. The van der Waals surface area contributed by atoms with E-state index in [1.54, 1.807) is 13.8 Å². The normalized spacial score (nSPS) is 11.3. The number of terminal acetylenes is 1. The lowest BCUT2D eigenvalue weighted by Crippen LogP contribution is -2.51. The fraction of sp³-hybridized carbons (Fsp3) is 0.583. The molecule has 0 aliphatic carbocycles. The number of carbonyl (C=O) groups is 3. The second-order valence-electron chi connectivity index (χ2n) is 4.05. The number of esters is 1. The van der Waals surface area contributed by atoms with Gasteiger partial charge in [-0.2, -0.15) is 0 Å². The van der Waals surface area contributed by atoms with Crippen LogP contribution in [0.2, 0.25) is 0 Å². The van der Waals surface area contributed by atoms with Crippen molar-refractivity contribution in [3.63, 3.8) is 0 Å². The van der Waals surface area contributed by atoms with Gasteiger partial charge in [-0.15, -0.1) is 12.3 Å². The van der Waals surface area contributed by atoms with Gasteiger partial charge in [-0.25, -0.2) is 9.59 Å². The van der Waals surface area contributed by atoms with E-state index in [1.807, 2.05) is 0 Å². The number of rotatable bonds is 6. The Kier molecular flexibility index (Phi) is 7.04. The SMILES string of the molecule is C#CCC(NC(=O)N(CC(=O)OC)C(C)C)C(=O)O. The number of carboxylic acid groups (broad SMARTS) is 1. The predicted octanol–water partition coefficient (Wildman–Crippen LogP) is 0.0559. The smallest absolute Gasteiger partial charge is 0.327 e. The standard InChI is InChI=1S/C12H18N2O5/c1-5-6-9(11(16)17)13-12(18)14(8(2)3)7-10(15)19-4/h1,8-9H,6-7H2,2-4H3,(H,13,18)(H,16,17). The monoisotopic (exact) mass is 270 g/mol. The van der Waals surface area contributed by atoms with Crippen LogP contribution in [0.3, 0.4) is 0 Å². The van der Waals surface area contributed by atoms with Gasteiger partial charge in [-0.1, -0.05) is 0 Å². The molecule has 0 fully saturated rings. The maximum atomic E-state index is 11.9. The molecule has 1 atom stereocenters. The average molecular weight is 270 g/mol. The molecule has 0 aliphatic rings. The summed E-state index contributed by atoms with van der Waals surface area (Å²) in [4.78, 5) is 35.1. The van der Waals surface area contributed by atoms with Crippen LogP contribution in [0.15, 0.2) is 0 Å². The zero-order valence-corrected chi connectivity index (χ0v) is 11.2. The third kappa shape index (κ3) is 5.77. The minimum atomic E-state index is -1.23. The van der Waals surface area contributed by atoms with Crippen LogP contribution in [0.4, 0.5) is 4.79 Å². The number of aliphatic carboxylic acids is 1. The summed E-state index contributed by atoms with van der Waals surface area (Å²) in [7, 11) is 1.21. The number of carbonyl (C=O) groups excluding carboxylic acids is 2. The summed E-state index contributed by atoms with van der Waals surface area (Å²) in [6.07, 6.45) is 4.90. The number of ether oxygens (including phenoxy) is 1. The molecule has 0 bridgehead atoms. The molecular formula is C12H18N2O5. The topological polar surface area (TPSA) is 95.9 Å². The Morgan fingerprint density at radius 1 is 1.42 bits per heavy atom. The third-order valence-electron chi connectivity index (χ3n) is 2.33. The molecule has 0 radical (unpaired) electrons. The zero-order chi connectivity index (χ0) is 15.0. The number of nitrogens with one attached hydrogen (secondary N) is 1. The number of urea groups is 1. The van der Waals surface area contributed by atoms with Crippen molar-refractivity contribution >= 4 is 18.0 Å². The van der Waals surface area contributed by atoms with E-state index in [2.05, 4.69) is 16.0 Å². The van der Waals surface area contributed by atoms with Crippen molar-refractivity contribution in [3.8, 4) is 12.3 Å². The molecule has 106 valence electrons. The summed E-state index contributed by atoms with van der Waals surface area (Å²) in [6, 6.07) is -2.15. The second-order valence-corrected chi connectivity index (χ2v) is 4.05. The van der Waals surface area contributed by atoms with E-state index < -0.39 is 24.0 Å². The predicted molar refractivity (Wildman–Crippen MR) is 67.3 cm³/mol. The van der Waals surface area contributed by atoms with Gasteiger partial charge in [-0.05, 0) is 13.8 Å². The van der Waals surface area contributed by atoms with Gasteiger partial charge in [0.05, 0.1) is 7.11 Å². The molecule has 0 aromatic carbocycles. The van der Waals surface area contributed by atoms with Crippen molar-refractivity contribution in [2.75, 3.05) is 13.7 Å². The van der Waals surface area contributed by atoms with Gasteiger partial charge in [0, 0.05) is 12.5 Å². The van der Waals surface area contributed by atoms with Crippen LogP contribution in [0, 0.1) is 12.3 Å². The van der Waals surface area contributed by atoms with Crippen LogP contribution in [-0.4, -0.2) is 53.7 Å².